The molecule has 0 saturated heterocycles. The highest BCUT2D eigenvalue weighted by atomic mass is 16.5. The predicted octanol–water partition coefficient (Wildman–Crippen LogP) is 5.44. The Morgan fingerprint density at radius 2 is 1.38 bits per heavy atom. The monoisotopic (exact) mass is 500 g/mol. The molecule has 2 N–H and O–H groups in total. The van der Waals surface area contributed by atoms with Crippen LogP contribution in [0.25, 0.3) is 11.1 Å². The largest absolute Gasteiger partial charge is 0.466 e. The molecule has 2 atom stereocenters. The second kappa shape index (κ2) is 14.0. The summed E-state index contributed by atoms with van der Waals surface area (Å²) in [4.78, 5) is 38.9. The first-order valence-corrected chi connectivity index (χ1v) is 12.8. The molecular formula is C31H36N2O4. The highest BCUT2D eigenvalue weighted by Crippen LogP contribution is 2.24. The van der Waals surface area contributed by atoms with Crippen LogP contribution in [0.1, 0.15) is 50.8 Å². The summed E-state index contributed by atoms with van der Waals surface area (Å²) in [5.41, 5.74) is 3.70. The highest BCUT2D eigenvalue weighted by Gasteiger charge is 2.29. The minimum Gasteiger partial charge on any atom is -0.466 e. The number of nitrogens with one attached hydrogen (secondary N) is 2. The Morgan fingerprint density at radius 1 is 0.784 bits per heavy atom. The number of ether oxygens (including phenoxy) is 1. The van der Waals surface area contributed by atoms with Crippen LogP contribution in [-0.2, 0) is 25.7 Å². The molecule has 0 heterocycles. The van der Waals surface area contributed by atoms with Gasteiger partial charge in [0.15, 0.2) is 0 Å². The van der Waals surface area contributed by atoms with Crippen LogP contribution in [0.3, 0.4) is 0 Å². The van der Waals surface area contributed by atoms with E-state index in [1.807, 2.05) is 98.8 Å². The summed E-state index contributed by atoms with van der Waals surface area (Å²) in [6.45, 7) is 6.33. The van der Waals surface area contributed by atoms with Gasteiger partial charge >= 0.3 is 5.97 Å². The lowest BCUT2D eigenvalue weighted by Gasteiger charge is -2.23. The van der Waals surface area contributed by atoms with Crippen molar-refractivity contribution in [1.82, 2.24) is 10.6 Å². The second-order valence-electron chi connectivity index (χ2n) is 9.47. The Hall–Kier alpha value is -3.93. The van der Waals surface area contributed by atoms with Gasteiger partial charge in [-0.05, 0) is 41.5 Å². The van der Waals surface area contributed by atoms with E-state index in [1.54, 1.807) is 6.92 Å². The predicted molar refractivity (Wildman–Crippen MR) is 145 cm³/mol. The normalized spacial score (nSPS) is 12.4. The van der Waals surface area contributed by atoms with E-state index >= 15 is 0 Å². The maximum absolute atomic E-state index is 13.4. The highest BCUT2D eigenvalue weighted by molar-refractivity contribution is 5.91. The summed E-state index contributed by atoms with van der Waals surface area (Å²) in [7, 11) is 0. The summed E-state index contributed by atoms with van der Waals surface area (Å²) >= 11 is 0. The Kier molecular flexibility index (Phi) is 10.4. The van der Waals surface area contributed by atoms with Gasteiger partial charge in [-0.1, -0.05) is 98.8 Å². The van der Waals surface area contributed by atoms with Crippen LogP contribution in [0.5, 0.6) is 0 Å². The van der Waals surface area contributed by atoms with Crippen LogP contribution in [0.2, 0.25) is 0 Å². The molecule has 0 aliphatic carbocycles. The number of hydrogen-bond acceptors (Lipinski definition) is 4. The SMILES string of the molecule is CCOC(=O)C[C@@H](CC(C)C)C(=O)N[C@@H](C(=O)NCc1ccccc1)c1ccc(-c2ccccc2)cc1. The van der Waals surface area contributed by atoms with Crippen molar-refractivity contribution in [2.45, 2.75) is 46.2 Å². The average Bonchev–Trinajstić information content (AvgIpc) is 2.91. The summed E-state index contributed by atoms with van der Waals surface area (Å²) in [5, 5.41) is 5.87. The molecule has 6 heteroatoms. The maximum Gasteiger partial charge on any atom is 0.306 e. The Balaban J connectivity index is 1.83. The molecule has 2 amide bonds. The Bertz CT molecular complexity index is 1140. The summed E-state index contributed by atoms with van der Waals surface area (Å²) < 4.78 is 5.09. The summed E-state index contributed by atoms with van der Waals surface area (Å²) in [5.74, 6) is -1.47. The lowest BCUT2D eigenvalue weighted by Crippen LogP contribution is -2.43. The third-order valence-corrected chi connectivity index (χ3v) is 6.05. The fourth-order valence-corrected chi connectivity index (χ4v) is 4.22. The first-order chi connectivity index (χ1) is 17.9. The molecule has 3 aromatic rings. The fraction of sp³-hybridized carbons (Fsp3) is 0.323. The molecule has 3 rings (SSSR count). The Morgan fingerprint density at radius 3 is 1.97 bits per heavy atom. The van der Waals surface area contributed by atoms with Crippen LogP contribution < -0.4 is 10.6 Å². The van der Waals surface area contributed by atoms with Crippen molar-refractivity contribution in [2.75, 3.05) is 6.61 Å². The molecule has 0 spiro atoms. The molecule has 3 aromatic carbocycles. The minimum atomic E-state index is -0.905. The summed E-state index contributed by atoms with van der Waals surface area (Å²) in [6, 6.07) is 26.3. The van der Waals surface area contributed by atoms with E-state index in [1.165, 1.54) is 0 Å². The van der Waals surface area contributed by atoms with E-state index in [4.69, 9.17) is 4.74 Å². The lowest BCUT2D eigenvalue weighted by molar-refractivity contribution is -0.146. The molecule has 0 aliphatic heterocycles. The van der Waals surface area contributed by atoms with Crippen molar-refractivity contribution in [2.24, 2.45) is 11.8 Å². The molecule has 0 saturated carbocycles. The molecular weight excluding hydrogens is 464 g/mol. The molecule has 0 aromatic heterocycles. The van der Waals surface area contributed by atoms with E-state index in [-0.39, 0.29) is 30.8 Å². The topological polar surface area (TPSA) is 84.5 Å². The van der Waals surface area contributed by atoms with Crippen molar-refractivity contribution in [3.8, 4) is 11.1 Å². The van der Waals surface area contributed by atoms with Gasteiger partial charge in [0, 0.05) is 12.5 Å². The number of amides is 2. The number of rotatable bonds is 12. The van der Waals surface area contributed by atoms with Gasteiger partial charge in [-0.15, -0.1) is 0 Å². The van der Waals surface area contributed by atoms with E-state index in [0.29, 0.717) is 18.5 Å². The molecule has 0 bridgehead atoms. The molecule has 6 nitrogen and oxygen atoms in total. The number of esters is 1. The Labute approximate surface area is 219 Å². The molecule has 194 valence electrons. The van der Waals surface area contributed by atoms with Gasteiger partial charge in [0.2, 0.25) is 11.8 Å². The minimum absolute atomic E-state index is 0.0247. The average molecular weight is 501 g/mol. The van der Waals surface area contributed by atoms with Crippen molar-refractivity contribution < 1.29 is 19.1 Å². The van der Waals surface area contributed by atoms with Crippen LogP contribution >= 0.6 is 0 Å². The zero-order valence-corrected chi connectivity index (χ0v) is 21.8. The van der Waals surface area contributed by atoms with Gasteiger partial charge in [0.25, 0.3) is 0 Å². The van der Waals surface area contributed by atoms with Gasteiger partial charge in [-0.25, -0.2) is 0 Å². The van der Waals surface area contributed by atoms with Gasteiger partial charge in [0.1, 0.15) is 6.04 Å². The number of hydrogen-bond donors (Lipinski definition) is 2. The van der Waals surface area contributed by atoms with Crippen LogP contribution in [0.4, 0.5) is 0 Å². The van der Waals surface area contributed by atoms with Crippen molar-refractivity contribution >= 4 is 17.8 Å². The van der Waals surface area contributed by atoms with E-state index in [9.17, 15) is 14.4 Å². The van der Waals surface area contributed by atoms with Gasteiger partial charge < -0.3 is 15.4 Å². The lowest BCUT2D eigenvalue weighted by atomic mass is 9.92. The molecule has 0 radical (unpaired) electrons. The number of carbonyl (C=O) groups excluding carboxylic acids is 3. The van der Waals surface area contributed by atoms with Crippen LogP contribution in [0, 0.1) is 11.8 Å². The molecule has 0 fully saturated rings. The van der Waals surface area contributed by atoms with E-state index < -0.39 is 17.9 Å². The quantitative estimate of drug-likeness (QED) is 0.324. The maximum atomic E-state index is 13.4. The standard InChI is InChI=1S/C31H36N2O4/c1-4-37-28(34)20-27(19-22(2)3)30(35)33-29(31(36)32-21-23-11-7-5-8-12-23)26-17-15-25(16-18-26)24-13-9-6-10-14-24/h5-18,22,27,29H,4,19-21H2,1-3H3,(H,32,36)(H,33,35)/t27-,29-/m1/s1. The third kappa shape index (κ3) is 8.60. The van der Waals surface area contributed by atoms with E-state index in [0.717, 1.165) is 16.7 Å². The molecule has 0 unspecified atom stereocenters. The summed E-state index contributed by atoms with van der Waals surface area (Å²) in [6.07, 6.45) is 0.485. The van der Waals surface area contributed by atoms with Gasteiger partial charge in [0.05, 0.1) is 13.0 Å². The third-order valence-electron chi connectivity index (χ3n) is 6.05. The van der Waals surface area contributed by atoms with Crippen molar-refractivity contribution in [1.29, 1.82) is 0 Å². The van der Waals surface area contributed by atoms with Gasteiger partial charge in [-0.2, -0.15) is 0 Å². The van der Waals surface area contributed by atoms with E-state index in [2.05, 4.69) is 10.6 Å². The zero-order chi connectivity index (χ0) is 26.6. The van der Waals surface area contributed by atoms with Crippen molar-refractivity contribution in [3.05, 3.63) is 96.1 Å². The van der Waals surface area contributed by atoms with Gasteiger partial charge in [-0.3, -0.25) is 14.4 Å². The molecule has 37 heavy (non-hydrogen) atoms. The van der Waals surface area contributed by atoms with Crippen LogP contribution in [-0.4, -0.2) is 24.4 Å². The fourth-order valence-electron chi connectivity index (χ4n) is 4.22. The first kappa shape index (κ1) is 27.7. The second-order valence-corrected chi connectivity index (χ2v) is 9.47. The number of benzene rings is 3. The number of carbonyl (C=O) groups is 3. The first-order valence-electron chi connectivity index (χ1n) is 12.8. The molecule has 0 aliphatic rings. The van der Waals surface area contributed by atoms with Crippen molar-refractivity contribution in [3.63, 3.8) is 0 Å². The smallest absolute Gasteiger partial charge is 0.306 e. The zero-order valence-electron chi connectivity index (χ0n) is 21.8. The van der Waals surface area contributed by atoms with Crippen LogP contribution in [0.15, 0.2) is 84.9 Å².